The third-order valence-electron chi connectivity index (χ3n) is 6.44. The van der Waals surface area contributed by atoms with Crippen LogP contribution in [0.3, 0.4) is 0 Å². The summed E-state index contributed by atoms with van der Waals surface area (Å²) in [6.45, 7) is 2.72. The fourth-order valence-corrected chi connectivity index (χ4v) is 5.29. The predicted octanol–water partition coefficient (Wildman–Crippen LogP) is 4.81. The van der Waals surface area contributed by atoms with E-state index in [2.05, 4.69) is 10.6 Å². The highest BCUT2D eigenvalue weighted by molar-refractivity contribution is 8.04. The number of nitrogens with one attached hydrogen (secondary N) is 2. The van der Waals surface area contributed by atoms with Crippen LogP contribution in [0.25, 0.3) is 0 Å². The number of imide groups is 1. The lowest BCUT2D eigenvalue weighted by molar-refractivity contribution is -0.137. The van der Waals surface area contributed by atoms with Crippen molar-refractivity contribution in [3.8, 4) is 17.2 Å². The number of benzene rings is 3. The number of hydrogen-bond donors (Lipinski definition) is 2. The van der Waals surface area contributed by atoms with E-state index >= 15 is 0 Å². The Labute approximate surface area is 241 Å². The van der Waals surface area contributed by atoms with Crippen molar-refractivity contribution in [3.63, 3.8) is 0 Å². The maximum atomic E-state index is 13.4. The van der Waals surface area contributed by atoms with Gasteiger partial charge in [-0.3, -0.25) is 19.3 Å². The summed E-state index contributed by atoms with van der Waals surface area (Å²) in [5.74, 6) is 0.582. The minimum absolute atomic E-state index is 0.130. The Morgan fingerprint density at radius 1 is 0.976 bits per heavy atom. The third-order valence-corrected chi connectivity index (χ3v) is 7.53. The monoisotopic (exact) mass is 575 g/mol. The minimum atomic E-state index is -0.412. The van der Waals surface area contributed by atoms with Crippen LogP contribution in [-0.4, -0.2) is 56.8 Å². The highest BCUT2D eigenvalue weighted by atomic mass is 32.2. The number of nitrogens with zero attached hydrogens (tertiary/aromatic N) is 1. The smallest absolute Gasteiger partial charge is 0.278 e. The second kappa shape index (κ2) is 12.4. The molecule has 0 spiro atoms. The number of thioether (sulfide) groups is 1. The van der Waals surface area contributed by atoms with Crippen LogP contribution in [0.5, 0.6) is 17.2 Å². The summed E-state index contributed by atoms with van der Waals surface area (Å²) in [4.78, 5) is 41.8. The fraction of sp³-hybridized carbons (Fsp3) is 0.233. The second-order valence-electron chi connectivity index (χ2n) is 9.29. The number of ether oxygens (including phenoxy) is 4. The van der Waals surface area contributed by atoms with Gasteiger partial charge in [0.05, 0.1) is 12.8 Å². The number of amides is 3. The van der Waals surface area contributed by atoms with Gasteiger partial charge in [-0.15, -0.1) is 0 Å². The first-order valence-electron chi connectivity index (χ1n) is 12.9. The molecule has 2 N–H and O–H groups in total. The van der Waals surface area contributed by atoms with E-state index in [1.807, 2.05) is 19.1 Å². The minimum Gasteiger partial charge on any atom is -0.495 e. The van der Waals surface area contributed by atoms with Crippen LogP contribution in [-0.2, 0) is 14.3 Å². The number of carbonyl (C=O) groups excluding carboxylic acids is 3. The van der Waals surface area contributed by atoms with Crippen LogP contribution in [0.2, 0.25) is 0 Å². The van der Waals surface area contributed by atoms with Gasteiger partial charge < -0.3 is 29.6 Å². The summed E-state index contributed by atoms with van der Waals surface area (Å²) in [5.41, 5.74) is 2.74. The average Bonchev–Trinajstić information content (AvgIpc) is 3.53. The Hall–Kier alpha value is -4.48. The Balaban J connectivity index is 1.35. The summed E-state index contributed by atoms with van der Waals surface area (Å²) < 4.78 is 21.2. The van der Waals surface area contributed by atoms with Gasteiger partial charge in [-0.25, -0.2) is 0 Å². The van der Waals surface area contributed by atoms with E-state index in [0.717, 1.165) is 10.5 Å². The summed E-state index contributed by atoms with van der Waals surface area (Å²) in [6.07, 6.45) is 0.519. The number of anilines is 2. The molecule has 0 aromatic heterocycles. The molecule has 41 heavy (non-hydrogen) atoms. The quantitative estimate of drug-likeness (QED) is 0.246. The molecule has 3 aromatic carbocycles. The van der Waals surface area contributed by atoms with Crippen LogP contribution in [0.4, 0.5) is 11.4 Å². The fourth-order valence-electron chi connectivity index (χ4n) is 4.35. The Morgan fingerprint density at radius 2 is 1.76 bits per heavy atom. The SMILES string of the molecule is COCCCN1C(=O)C(Nc2cc(C)ccc2OC)=C(Sc2ccc(NC(=O)c3ccc4c(c3)OCO4)cc2)C1=O. The highest BCUT2D eigenvalue weighted by Gasteiger charge is 2.39. The number of rotatable bonds is 11. The molecule has 0 radical (unpaired) electrons. The van der Waals surface area contributed by atoms with Crippen molar-refractivity contribution in [2.24, 2.45) is 0 Å². The van der Waals surface area contributed by atoms with Crippen LogP contribution >= 0.6 is 11.8 Å². The van der Waals surface area contributed by atoms with Crippen LogP contribution < -0.4 is 24.8 Å². The maximum Gasteiger partial charge on any atom is 0.278 e. The van der Waals surface area contributed by atoms with Crippen molar-refractivity contribution in [1.82, 2.24) is 4.90 Å². The normalized spacial score (nSPS) is 14.1. The standard InChI is InChI=1S/C30H29N3O7S/c1-18-5-11-23(38-3)22(15-18)32-26-27(30(36)33(29(26)35)13-4-14-37-2)41-21-9-7-20(8-10-21)31-28(34)19-6-12-24-25(16-19)40-17-39-24/h5-12,15-16,32H,4,13-14,17H2,1-3H3,(H,31,34). The molecular formula is C30H29N3O7S. The molecule has 10 nitrogen and oxygen atoms in total. The molecule has 2 heterocycles. The first-order valence-corrected chi connectivity index (χ1v) is 13.7. The second-order valence-corrected chi connectivity index (χ2v) is 10.4. The number of fused-ring (bicyclic) bond motifs is 1. The van der Waals surface area contributed by atoms with E-state index in [1.54, 1.807) is 62.8 Å². The van der Waals surface area contributed by atoms with E-state index in [4.69, 9.17) is 18.9 Å². The molecule has 212 valence electrons. The molecule has 3 amide bonds. The summed E-state index contributed by atoms with van der Waals surface area (Å²) in [6, 6.07) is 17.6. The summed E-state index contributed by atoms with van der Waals surface area (Å²) in [5, 5.41) is 6.02. The molecule has 2 aliphatic heterocycles. The summed E-state index contributed by atoms with van der Waals surface area (Å²) in [7, 11) is 3.12. The van der Waals surface area contributed by atoms with E-state index < -0.39 is 5.91 Å². The van der Waals surface area contributed by atoms with Gasteiger partial charge in [0, 0.05) is 36.4 Å². The van der Waals surface area contributed by atoms with Crippen LogP contribution in [0, 0.1) is 6.92 Å². The number of aryl methyl sites for hydroxylation is 1. The van der Waals surface area contributed by atoms with Crippen molar-refractivity contribution >= 4 is 40.9 Å². The average molecular weight is 576 g/mol. The van der Waals surface area contributed by atoms with Crippen molar-refractivity contribution in [2.75, 3.05) is 44.8 Å². The van der Waals surface area contributed by atoms with Gasteiger partial charge in [-0.2, -0.15) is 0 Å². The lowest BCUT2D eigenvalue weighted by atomic mass is 10.2. The Bertz CT molecular complexity index is 1520. The third kappa shape index (κ3) is 6.16. The molecule has 0 unspecified atom stereocenters. The van der Waals surface area contributed by atoms with Gasteiger partial charge in [-0.05, 0) is 73.5 Å². The molecule has 0 bridgehead atoms. The molecule has 3 aromatic rings. The molecule has 0 saturated carbocycles. The van der Waals surface area contributed by atoms with Crippen molar-refractivity contribution < 1.29 is 33.3 Å². The zero-order chi connectivity index (χ0) is 28.9. The summed E-state index contributed by atoms with van der Waals surface area (Å²) >= 11 is 1.18. The zero-order valence-electron chi connectivity index (χ0n) is 22.8. The Morgan fingerprint density at radius 3 is 2.51 bits per heavy atom. The molecule has 2 aliphatic rings. The largest absolute Gasteiger partial charge is 0.495 e. The number of hydrogen-bond acceptors (Lipinski definition) is 9. The first-order chi connectivity index (χ1) is 19.9. The van der Waals surface area contributed by atoms with Crippen molar-refractivity contribution in [2.45, 2.75) is 18.2 Å². The molecule has 0 fully saturated rings. The zero-order valence-corrected chi connectivity index (χ0v) is 23.6. The van der Waals surface area contributed by atoms with Crippen molar-refractivity contribution in [3.05, 3.63) is 82.4 Å². The van der Waals surface area contributed by atoms with Gasteiger partial charge in [0.15, 0.2) is 11.5 Å². The van der Waals surface area contributed by atoms with Gasteiger partial charge in [0.1, 0.15) is 16.4 Å². The van der Waals surface area contributed by atoms with Gasteiger partial charge in [0.25, 0.3) is 17.7 Å². The van der Waals surface area contributed by atoms with E-state index in [9.17, 15) is 14.4 Å². The molecular weight excluding hydrogens is 546 g/mol. The molecule has 0 saturated heterocycles. The lowest BCUT2D eigenvalue weighted by Crippen LogP contribution is -2.33. The van der Waals surface area contributed by atoms with Gasteiger partial charge in [-0.1, -0.05) is 17.8 Å². The van der Waals surface area contributed by atoms with E-state index in [-0.39, 0.29) is 35.8 Å². The number of methoxy groups -OCH3 is 2. The molecule has 0 aliphatic carbocycles. The molecule has 0 atom stereocenters. The van der Waals surface area contributed by atoms with Gasteiger partial charge >= 0.3 is 0 Å². The van der Waals surface area contributed by atoms with E-state index in [1.165, 1.54) is 16.7 Å². The molecule has 5 rings (SSSR count). The van der Waals surface area contributed by atoms with Crippen molar-refractivity contribution in [1.29, 1.82) is 0 Å². The Kier molecular flexibility index (Phi) is 8.46. The highest BCUT2D eigenvalue weighted by Crippen LogP contribution is 2.38. The van der Waals surface area contributed by atoms with Crippen LogP contribution in [0.1, 0.15) is 22.3 Å². The first kappa shape index (κ1) is 28.1. The number of carbonyl (C=O) groups is 3. The van der Waals surface area contributed by atoms with E-state index in [0.29, 0.717) is 47.2 Å². The topological polar surface area (TPSA) is 115 Å². The maximum absolute atomic E-state index is 13.4. The molecule has 11 heteroatoms. The van der Waals surface area contributed by atoms with Crippen LogP contribution in [0.15, 0.2) is 76.2 Å². The predicted molar refractivity (Wildman–Crippen MR) is 154 cm³/mol. The van der Waals surface area contributed by atoms with Gasteiger partial charge in [0.2, 0.25) is 6.79 Å². The lowest BCUT2D eigenvalue weighted by Gasteiger charge is -2.15.